The average Bonchev–Trinajstić information content (AvgIpc) is 3.48. The van der Waals surface area contributed by atoms with E-state index in [2.05, 4.69) is 4.98 Å². The third kappa shape index (κ3) is 4.89. The van der Waals surface area contributed by atoms with Crippen molar-refractivity contribution in [2.75, 3.05) is 44.3 Å². The van der Waals surface area contributed by atoms with Gasteiger partial charge in [-0.25, -0.2) is 4.98 Å². The maximum absolute atomic E-state index is 13.5. The molecule has 0 saturated carbocycles. The van der Waals surface area contributed by atoms with Crippen molar-refractivity contribution in [2.24, 2.45) is 11.3 Å². The Bertz CT molecular complexity index is 1050. The van der Waals surface area contributed by atoms with Crippen molar-refractivity contribution in [3.8, 4) is 6.07 Å². The number of amides is 1. The Labute approximate surface area is 196 Å². The van der Waals surface area contributed by atoms with E-state index in [1.807, 2.05) is 27.5 Å². The van der Waals surface area contributed by atoms with E-state index >= 15 is 0 Å². The minimum Gasteiger partial charge on any atom is -0.381 e. The lowest BCUT2D eigenvalue weighted by Crippen LogP contribution is -2.49. The van der Waals surface area contributed by atoms with E-state index in [0.29, 0.717) is 64.5 Å². The Hall–Kier alpha value is -3.06. The molecule has 1 amide bonds. The van der Waals surface area contributed by atoms with E-state index in [4.69, 9.17) is 10.00 Å². The van der Waals surface area contributed by atoms with E-state index in [0.717, 1.165) is 6.07 Å². The molecule has 0 radical (unpaired) electrons. The fourth-order valence-corrected chi connectivity index (χ4v) is 5.11. The number of hydrogen-bond donors (Lipinski definition) is 0. The van der Waals surface area contributed by atoms with Crippen LogP contribution in [-0.2, 0) is 22.3 Å². The van der Waals surface area contributed by atoms with Crippen molar-refractivity contribution in [3.63, 3.8) is 0 Å². The maximum atomic E-state index is 13.5. The highest BCUT2D eigenvalue weighted by Crippen LogP contribution is 2.45. The molecule has 2 fully saturated rings. The van der Waals surface area contributed by atoms with Crippen molar-refractivity contribution in [1.82, 2.24) is 14.5 Å². The number of piperidine rings is 1. The van der Waals surface area contributed by atoms with Gasteiger partial charge in [-0.2, -0.15) is 18.4 Å². The molecule has 1 aromatic carbocycles. The molecule has 2 aliphatic rings. The highest BCUT2D eigenvalue weighted by atomic mass is 19.4. The van der Waals surface area contributed by atoms with Gasteiger partial charge in [0.25, 0.3) is 0 Å². The zero-order chi connectivity index (χ0) is 24.3. The van der Waals surface area contributed by atoms with Gasteiger partial charge in [0.15, 0.2) is 0 Å². The number of likely N-dealkylation sites (tertiary alicyclic amines) is 1. The number of imidazole rings is 1. The van der Waals surface area contributed by atoms with Gasteiger partial charge < -0.3 is 19.1 Å². The molecule has 0 N–H and O–H groups in total. The first-order chi connectivity index (χ1) is 16.3. The van der Waals surface area contributed by atoms with Crippen molar-refractivity contribution in [1.29, 1.82) is 5.26 Å². The average molecular weight is 476 g/mol. The molecule has 0 unspecified atom stereocenters. The lowest BCUT2D eigenvalue weighted by atomic mass is 9.73. The number of anilines is 1. The first kappa shape index (κ1) is 24.1. The van der Waals surface area contributed by atoms with Crippen LogP contribution >= 0.6 is 0 Å². The lowest BCUT2D eigenvalue weighted by Gasteiger charge is -2.44. The van der Waals surface area contributed by atoms with Crippen LogP contribution in [0.1, 0.15) is 30.9 Å². The quantitative estimate of drug-likeness (QED) is 0.612. The largest absolute Gasteiger partial charge is 0.417 e. The summed E-state index contributed by atoms with van der Waals surface area (Å²) in [6, 6.07) is 5.51. The molecule has 0 spiro atoms. The molecule has 10 heteroatoms. The predicted molar refractivity (Wildman–Crippen MR) is 119 cm³/mol. The topological polar surface area (TPSA) is 74.4 Å². The lowest BCUT2D eigenvalue weighted by molar-refractivity contribution is -0.137. The van der Waals surface area contributed by atoms with Crippen molar-refractivity contribution >= 4 is 11.6 Å². The van der Waals surface area contributed by atoms with Crippen LogP contribution in [0.4, 0.5) is 18.9 Å². The van der Waals surface area contributed by atoms with Crippen molar-refractivity contribution < 1.29 is 22.7 Å². The van der Waals surface area contributed by atoms with Crippen LogP contribution in [0.15, 0.2) is 36.9 Å². The van der Waals surface area contributed by atoms with E-state index in [-0.39, 0.29) is 22.8 Å². The number of aromatic nitrogens is 2. The number of ether oxygens (including phenoxy) is 1. The Morgan fingerprint density at radius 1 is 1.35 bits per heavy atom. The van der Waals surface area contributed by atoms with E-state index < -0.39 is 11.7 Å². The SMILES string of the molecule is CCOC[C@@]12CCN(c3ccc(C#N)c(C(F)(F)F)c3)C[C@@H]1CN(C(=O)CCn1ccnc1)C2. The number of nitrogens with zero attached hydrogens (tertiary/aromatic N) is 5. The molecular weight excluding hydrogens is 447 g/mol. The summed E-state index contributed by atoms with van der Waals surface area (Å²) in [5.41, 5.74) is -1.06. The van der Waals surface area contributed by atoms with Crippen LogP contribution in [0.5, 0.6) is 0 Å². The van der Waals surface area contributed by atoms with Gasteiger partial charge in [0.1, 0.15) is 0 Å². The predicted octanol–water partition coefficient (Wildman–Crippen LogP) is 3.56. The summed E-state index contributed by atoms with van der Waals surface area (Å²) in [4.78, 5) is 20.8. The number of benzene rings is 1. The number of fused-ring (bicyclic) bond motifs is 1. The minimum atomic E-state index is -4.60. The van der Waals surface area contributed by atoms with Gasteiger partial charge in [-0.05, 0) is 31.5 Å². The van der Waals surface area contributed by atoms with Gasteiger partial charge in [-0.15, -0.1) is 0 Å². The van der Waals surface area contributed by atoms with E-state index in [1.54, 1.807) is 24.7 Å². The molecule has 1 aromatic heterocycles. The fourth-order valence-electron chi connectivity index (χ4n) is 5.11. The van der Waals surface area contributed by atoms with Gasteiger partial charge in [-0.3, -0.25) is 4.79 Å². The Balaban J connectivity index is 1.51. The monoisotopic (exact) mass is 475 g/mol. The summed E-state index contributed by atoms with van der Waals surface area (Å²) in [7, 11) is 0. The summed E-state index contributed by atoms with van der Waals surface area (Å²) >= 11 is 0. The molecule has 4 rings (SSSR count). The number of carbonyl (C=O) groups excluding carboxylic acids is 1. The first-order valence-electron chi connectivity index (χ1n) is 11.4. The van der Waals surface area contributed by atoms with Gasteiger partial charge in [0.2, 0.25) is 5.91 Å². The normalized spacial score (nSPS) is 22.5. The second-order valence-electron chi connectivity index (χ2n) is 9.06. The minimum absolute atomic E-state index is 0.0586. The highest BCUT2D eigenvalue weighted by molar-refractivity contribution is 5.76. The van der Waals surface area contributed by atoms with Crippen LogP contribution in [0.25, 0.3) is 0 Å². The molecule has 3 heterocycles. The fraction of sp³-hybridized carbons (Fsp3) is 0.542. The standard InChI is InChI=1S/C24H28F3N5O2/c1-2-34-16-23-6-9-31(20-4-3-18(12-28)21(11-20)24(25,26)27)13-19(23)14-32(15-23)22(33)5-8-30-10-7-29-17-30/h3-4,7,10-11,17,19H,2,5-6,8-9,13-16H2,1H3/t19-,23+/m1/s1. The number of alkyl halides is 3. The summed E-state index contributed by atoms with van der Waals surface area (Å²) in [5.74, 6) is 0.137. The van der Waals surface area contributed by atoms with Crippen LogP contribution in [0, 0.1) is 22.7 Å². The molecule has 2 saturated heterocycles. The van der Waals surface area contributed by atoms with Gasteiger partial charge in [-0.1, -0.05) is 0 Å². The zero-order valence-electron chi connectivity index (χ0n) is 19.1. The molecule has 2 atom stereocenters. The number of carbonyl (C=O) groups is 1. The van der Waals surface area contributed by atoms with E-state index in [1.165, 1.54) is 6.07 Å². The van der Waals surface area contributed by atoms with Crippen molar-refractivity contribution in [2.45, 2.75) is 32.5 Å². The first-order valence-corrected chi connectivity index (χ1v) is 11.4. The summed E-state index contributed by atoms with van der Waals surface area (Å²) < 4.78 is 48.1. The second kappa shape index (κ2) is 9.66. The second-order valence-corrected chi connectivity index (χ2v) is 9.06. The Morgan fingerprint density at radius 2 is 2.18 bits per heavy atom. The molecule has 7 nitrogen and oxygen atoms in total. The smallest absolute Gasteiger partial charge is 0.381 e. The summed E-state index contributed by atoms with van der Waals surface area (Å²) in [6.45, 7) is 5.80. The van der Waals surface area contributed by atoms with Gasteiger partial charge >= 0.3 is 6.18 Å². The molecule has 34 heavy (non-hydrogen) atoms. The number of rotatable bonds is 7. The van der Waals surface area contributed by atoms with Gasteiger partial charge in [0.05, 0.1) is 30.1 Å². The number of nitriles is 1. The Kier molecular flexibility index (Phi) is 6.84. The van der Waals surface area contributed by atoms with Gasteiger partial charge in [0, 0.05) is 75.2 Å². The number of hydrogen-bond acceptors (Lipinski definition) is 5. The molecular formula is C24H28F3N5O2. The van der Waals surface area contributed by atoms with Crippen molar-refractivity contribution in [3.05, 3.63) is 48.0 Å². The summed E-state index contributed by atoms with van der Waals surface area (Å²) in [6.07, 6.45) is 1.65. The van der Waals surface area contributed by atoms with Crippen LogP contribution in [0.3, 0.4) is 0 Å². The third-order valence-electron chi connectivity index (χ3n) is 7.02. The Morgan fingerprint density at radius 3 is 2.85 bits per heavy atom. The molecule has 2 aromatic rings. The zero-order valence-corrected chi connectivity index (χ0v) is 19.1. The molecule has 182 valence electrons. The number of halogens is 3. The molecule has 0 bridgehead atoms. The number of aryl methyl sites for hydroxylation is 1. The van der Waals surface area contributed by atoms with E-state index in [9.17, 15) is 18.0 Å². The highest BCUT2D eigenvalue weighted by Gasteiger charge is 2.50. The summed E-state index contributed by atoms with van der Waals surface area (Å²) in [5, 5.41) is 9.09. The van der Waals surface area contributed by atoms with Crippen LogP contribution in [0.2, 0.25) is 0 Å². The van der Waals surface area contributed by atoms with Crippen LogP contribution in [-0.4, -0.2) is 59.8 Å². The maximum Gasteiger partial charge on any atom is 0.417 e. The molecule has 2 aliphatic heterocycles. The van der Waals surface area contributed by atoms with Crippen LogP contribution < -0.4 is 4.90 Å². The third-order valence-corrected chi connectivity index (χ3v) is 7.02. The molecule has 0 aliphatic carbocycles.